The first kappa shape index (κ1) is 31.4. The molecule has 1 unspecified atom stereocenters. The smallest absolute Gasteiger partial charge is 0.240 e. The van der Waals surface area contributed by atoms with Crippen LogP contribution in [0.4, 0.5) is 0 Å². The van der Waals surface area contributed by atoms with E-state index in [0.717, 1.165) is 53.4 Å². The Morgan fingerprint density at radius 2 is 1.38 bits per heavy atom. The Morgan fingerprint density at radius 3 is 2.18 bits per heavy atom. The highest BCUT2D eigenvalue weighted by molar-refractivity contribution is 7.89. The molecule has 2 aliphatic carbocycles. The van der Waals surface area contributed by atoms with Crippen LogP contribution in [0.25, 0.3) is 0 Å². The number of hydrogen-bond acceptors (Lipinski definition) is 4. The van der Waals surface area contributed by atoms with Gasteiger partial charge in [0.1, 0.15) is 0 Å². The summed E-state index contributed by atoms with van der Waals surface area (Å²) in [4.78, 5) is 9.41. The molecule has 0 bridgehead atoms. The minimum atomic E-state index is -3.54. The van der Waals surface area contributed by atoms with Gasteiger partial charge in [0.15, 0.2) is 0 Å². The molecule has 5 aromatic rings. The third kappa shape index (κ3) is 7.47. The van der Waals surface area contributed by atoms with Crippen LogP contribution in [0.15, 0.2) is 102 Å². The first-order chi connectivity index (χ1) is 21.8. The minimum absolute atomic E-state index is 0.0293. The molecule has 0 saturated carbocycles. The predicted molar refractivity (Wildman–Crippen MR) is 182 cm³/mol. The lowest BCUT2D eigenvalue weighted by atomic mass is 9.89. The summed E-state index contributed by atoms with van der Waals surface area (Å²) in [5.41, 5.74) is 11.0. The molecule has 2 aliphatic rings. The second kappa shape index (κ2) is 13.8. The molecule has 230 valence electrons. The van der Waals surface area contributed by atoms with E-state index in [1.807, 2.05) is 49.6 Å². The fourth-order valence-electron chi connectivity index (χ4n) is 6.26. The fraction of sp³-hybridized carbons (Fsp3) is 0.243. The molecule has 1 N–H and O–H groups in total. The normalized spacial score (nSPS) is 15.2. The van der Waals surface area contributed by atoms with Crippen molar-refractivity contribution in [3.05, 3.63) is 158 Å². The number of nitrogens with zero attached hydrogens (tertiary/aromatic N) is 2. The summed E-state index contributed by atoms with van der Waals surface area (Å²) in [6.45, 7) is 2.27. The van der Waals surface area contributed by atoms with E-state index in [1.165, 1.54) is 39.1 Å². The summed E-state index contributed by atoms with van der Waals surface area (Å²) in [5, 5.41) is 1.55. The number of halogens is 2. The number of sulfonamides is 1. The fourth-order valence-corrected chi connectivity index (χ4v) is 7.70. The van der Waals surface area contributed by atoms with E-state index >= 15 is 0 Å². The van der Waals surface area contributed by atoms with Gasteiger partial charge in [-0.05, 0) is 121 Å². The molecule has 0 fully saturated rings. The zero-order chi connectivity index (χ0) is 31.4. The zero-order valence-electron chi connectivity index (χ0n) is 25.1. The second-order valence-corrected chi connectivity index (χ2v) is 14.3. The molecule has 0 spiro atoms. The van der Waals surface area contributed by atoms with Crippen LogP contribution < -0.4 is 4.72 Å². The summed E-state index contributed by atoms with van der Waals surface area (Å²) < 4.78 is 28.0. The molecule has 5 nitrogen and oxygen atoms in total. The van der Waals surface area contributed by atoms with Crippen molar-refractivity contribution in [1.82, 2.24) is 14.7 Å². The topological polar surface area (TPSA) is 72.0 Å². The van der Waals surface area contributed by atoms with Crippen molar-refractivity contribution >= 4 is 33.2 Å². The Morgan fingerprint density at radius 1 is 0.733 bits per heavy atom. The molecule has 3 aromatic carbocycles. The quantitative estimate of drug-likeness (QED) is 0.208. The van der Waals surface area contributed by atoms with Gasteiger partial charge in [-0.25, -0.2) is 13.1 Å². The summed E-state index contributed by atoms with van der Waals surface area (Å²) in [7, 11) is -3.54. The average Bonchev–Trinajstić information content (AvgIpc) is 3.31. The lowest BCUT2D eigenvalue weighted by Crippen LogP contribution is -2.26. The SMILES string of the molecule is Cc1ccc(S(=O)(=O)NCCC2c3ccc(Cl)cc3CCc3cccnc32)cc1.Clc1ccc2c(c1)CCc1cccnc1C2. The lowest BCUT2D eigenvalue weighted by molar-refractivity contribution is 0.574. The van der Waals surface area contributed by atoms with E-state index in [-0.39, 0.29) is 10.8 Å². The highest BCUT2D eigenvalue weighted by Gasteiger charge is 2.25. The third-order valence-corrected chi connectivity index (χ3v) is 10.6. The molecule has 1 atom stereocenters. The van der Waals surface area contributed by atoms with Crippen LogP contribution in [0, 0.1) is 6.92 Å². The van der Waals surface area contributed by atoms with Gasteiger partial charge in [0.2, 0.25) is 10.0 Å². The van der Waals surface area contributed by atoms with Crippen LogP contribution >= 0.6 is 23.2 Å². The summed E-state index contributed by atoms with van der Waals surface area (Å²) in [5.74, 6) is 0.0293. The van der Waals surface area contributed by atoms with Crippen LogP contribution in [-0.2, 0) is 42.1 Å². The summed E-state index contributed by atoms with van der Waals surface area (Å²) in [6.07, 6.45) is 9.18. The maximum absolute atomic E-state index is 12.6. The van der Waals surface area contributed by atoms with Crippen LogP contribution in [-0.4, -0.2) is 24.9 Å². The number of fused-ring (bicyclic) bond motifs is 4. The zero-order valence-corrected chi connectivity index (χ0v) is 27.5. The van der Waals surface area contributed by atoms with Gasteiger partial charge in [0.25, 0.3) is 0 Å². The van der Waals surface area contributed by atoms with Crippen LogP contribution in [0.3, 0.4) is 0 Å². The standard InChI is InChI=1S/C23H23ClN2O2S.C14H12ClN/c1-16-4-9-20(10-5-16)29(27,28)26-14-12-22-21-11-8-19(24)15-18(21)7-6-17-3-2-13-25-23(17)22;15-13-6-5-12-9-14-10(2-1-7-16-14)3-4-11(12)8-13/h2-5,8-11,13,15,22,26H,6-7,12,14H2,1H3;1-2,5-8H,3-4,9H2. The number of rotatable bonds is 5. The Bertz CT molecular complexity index is 1930. The number of nitrogens with one attached hydrogen (secondary N) is 1. The van der Waals surface area contributed by atoms with Crippen LogP contribution in [0.1, 0.15) is 62.7 Å². The van der Waals surface area contributed by atoms with Crippen molar-refractivity contribution in [1.29, 1.82) is 0 Å². The van der Waals surface area contributed by atoms with Gasteiger partial charge >= 0.3 is 0 Å². The molecule has 0 radical (unpaired) electrons. The molecule has 45 heavy (non-hydrogen) atoms. The van der Waals surface area contributed by atoms with Crippen molar-refractivity contribution in [2.75, 3.05) is 6.54 Å². The van der Waals surface area contributed by atoms with E-state index in [2.05, 4.69) is 45.0 Å². The number of benzene rings is 3. The minimum Gasteiger partial charge on any atom is -0.261 e. The highest BCUT2D eigenvalue weighted by atomic mass is 35.5. The molecular formula is C37H35Cl2N3O2S. The molecule has 0 amide bonds. The Labute approximate surface area is 275 Å². The number of aromatic nitrogens is 2. The van der Waals surface area contributed by atoms with Gasteiger partial charge in [-0.1, -0.05) is 65.2 Å². The highest BCUT2D eigenvalue weighted by Crippen LogP contribution is 2.36. The van der Waals surface area contributed by atoms with E-state index in [9.17, 15) is 8.42 Å². The molecule has 8 heteroatoms. The van der Waals surface area contributed by atoms with Crippen molar-refractivity contribution in [3.8, 4) is 0 Å². The Hall–Kier alpha value is -3.55. The molecule has 2 heterocycles. The van der Waals surface area contributed by atoms with Crippen molar-refractivity contribution < 1.29 is 8.42 Å². The Balaban J connectivity index is 0.000000187. The second-order valence-electron chi connectivity index (χ2n) is 11.6. The van der Waals surface area contributed by atoms with E-state index < -0.39 is 10.0 Å². The molecular weight excluding hydrogens is 621 g/mol. The van der Waals surface area contributed by atoms with Gasteiger partial charge in [0, 0.05) is 47.0 Å². The molecule has 0 aliphatic heterocycles. The van der Waals surface area contributed by atoms with Gasteiger partial charge in [0.05, 0.1) is 10.6 Å². The Kier molecular flexibility index (Phi) is 9.67. The van der Waals surface area contributed by atoms with Crippen molar-refractivity contribution in [2.45, 2.75) is 56.3 Å². The van der Waals surface area contributed by atoms with Crippen LogP contribution in [0.2, 0.25) is 10.0 Å². The monoisotopic (exact) mass is 655 g/mol. The van der Waals surface area contributed by atoms with Crippen molar-refractivity contribution in [3.63, 3.8) is 0 Å². The molecule has 0 saturated heterocycles. The number of hydrogen-bond donors (Lipinski definition) is 1. The maximum atomic E-state index is 12.6. The van der Waals surface area contributed by atoms with E-state index in [4.69, 9.17) is 23.2 Å². The predicted octanol–water partition coefficient (Wildman–Crippen LogP) is 8.07. The van der Waals surface area contributed by atoms with Gasteiger partial charge in [-0.3, -0.25) is 9.97 Å². The lowest BCUT2D eigenvalue weighted by Gasteiger charge is -2.20. The number of pyridine rings is 2. The average molecular weight is 657 g/mol. The van der Waals surface area contributed by atoms with Crippen molar-refractivity contribution in [2.24, 2.45) is 0 Å². The summed E-state index contributed by atoms with van der Waals surface area (Å²) in [6, 6.07) is 27.3. The third-order valence-electron chi connectivity index (χ3n) is 8.63. The van der Waals surface area contributed by atoms with Crippen LogP contribution in [0.5, 0.6) is 0 Å². The molecule has 7 rings (SSSR count). The first-order valence-corrected chi connectivity index (χ1v) is 17.5. The van der Waals surface area contributed by atoms with E-state index in [0.29, 0.717) is 13.0 Å². The van der Waals surface area contributed by atoms with E-state index in [1.54, 1.807) is 24.3 Å². The largest absolute Gasteiger partial charge is 0.261 e. The molecule has 2 aromatic heterocycles. The summed E-state index contributed by atoms with van der Waals surface area (Å²) >= 11 is 12.3. The number of aryl methyl sites for hydroxylation is 5. The van der Waals surface area contributed by atoms with Gasteiger partial charge < -0.3 is 0 Å². The van der Waals surface area contributed by atoms with Gasteiger partial charge in [-0.15, -0.1) is 0 Å². The van der Waals surface area contributed by atoms with Gasteiger partial charge in [-0.2, -0.15) is 0 Å². The first-order valence-electron chi connectivity index (χ1n) is 15.3. The maximum Gasteiger partial charge on any atom is 0.240 e.